The number of nitrogens with zero attached hydrogens (tertiary/aromatic N) is 3. The Morgan fingerprint density at radius 1 is 1.29 bits per heavy atom. The van der Waals surface area contributed by atoms with Crippen molar-refractivity contribution in [2.45, 2.75) is 32.8 Å². The average Bonchev–Trinajstić information content (AvgIpc) is 3.06. The van der Waals surface area contributed by atoms with Crippen molar-refractivity contribution in [1.29, 1.82) is 0 Å². The number of hydrogen-bond acceptors (Lipinski definition) is 6. The summed E-state index contributed by atoms with van der Waals surface area (Å²) >= 11 is 0. The van der Waals surface area contributed by atoms with Crippen LogP contribution in [0.2, 0.25) is 0 Å². The van der Waals surface area contributed by atoms with Crippen molar-refractivity contribution >= 4 is 11.5 Å². The van der Waals surface area contributed by atoms with E-state index in [9.17, 15) is 14.9 Å². The minimum atomic E-state index is -0.489. The maximum atomic E-state index is 12.8. The SMILES string of the molecule is CC(C)C(Oc1ncc(C(=O)c2ccc([N+](=O)[O-])cc2)n1C)C1CCNCC1. The normalized spacial score (nSPS) is 16.1. The van der Waals surface area contributed by atoms with Crippen LogP contribution in [0.15, 0.2) is 30.5 Å². The van der Waals surface area contributed by atoms with Crippen molar-refractivity contribution < 1.29 is 14.5 Å². The Bertz CT molecular complexity index is 838. The third-order valence-electron chi connectivity index (χ3n) is 5.27. The highest BCUT2D eigenvalue weighted by Crippen LogP contribution is 2.27. The summed E-state index contributed by atoms with van der Waals surface area (Å²) in [5.41, 5.74) is 0.711. The minimum absolute atomic E-state index is 0.0329. The molecule has 0 amide bonds. The predicted octanol–water partition coefficient (Wildman–Crippen LogP) is 2.96. The van der Waals surface area contributed by atoms with Crippen molar-refractivity contribution in [3.63, 3.8) is 0 Å². The van der Waals surface area contributed by atoms with E-state index in [4.69, 9.17) is 4.74 Å². The lowest BCUT2D eigenvalue weighted by molar-refractivity contribution is -0.384. The first kappa shape index (κ1) is 20.0. The number of imidazole rings is 1. The molecule has 1 N–H and O–H groups in total. The number of ether oxygens (including phenoxy) is 1. The molecular weight excluding hydrogens is 360 g/mol. The predicted molar refractivity (Wildman–Crippen MR) is 105 cm³/mol. The van der Waals surface area contributed by atoms with Gasteiger partial charge >= 0.3 is 0 Å². The van der Waals surface area contributed by atoms with E-state index in [1.165, 1.54) is 30.5 Å². The molecule has 1 aliphatic heterocycles. The summed E-state index contributed by atoms with van der Waals surface area (Å²) < 4.78 is 7.90. The highest BCUT2D eigenvalue weighted by Gasteiger charge is 2.29. The van der Waals surface area contributed by atoms with Crippen LogP contribution in [0, 0.1) is 22.0 Å². The molecule has 0 saturated carbocycles. The Morgan fingerprint density at radius 3 is 2.50 bits per heavy atom. The molecule has 3 rings (SSSR count). The maximum Gasteiger partial charge on any atom is 0.296 e. The molecule has 1 aliphatic rings. The van der Waals surface area contributed by atoms with Crippen molar-refractivity contribution in [3.05, 3.63) is 51.8 Å². The van der Waals surface area contributed by atoms with Crippen LogP contribution in [-0.4, -0.2) is 39.5 Å². The molecule has 8 nitrogen and oxygen atoms in total. The molecule has 150 valence electrons. The highest BCUT2D eigenvalue weighted by atomic mass is 16.6. The number of nitro groups is 1. The van der Waals surface area contributed by atoms with Crippen molar-refractivity contribution in [1.82, 2.24) is 14.9 Å². The van der Waals surface area contributed by atoms with Gasteiger partial charge in [-0.1, -0.05) is 13.8 Å². The summed E-state index contributed by atoms with van der Waals surface area (Å²) in [4.78, 5) is 27.4. The van der Waals surface area contributed by atoms with E-state index >= 15 is 0 Å². The van der Waals surface area contributed by atoms with E-state index in [-0.39, 0.29) is 17.6 Å². The number of nitro benzene ring substituents is 1. The Kier molecular flexibility index (Phi) is 6.08. The number of aromatic nitrogens is 2. The molecular formula is C20H26N4O4. The Labute approximate surface area is 164 Å². The summed E-state index contributed by atoms with van der Waals surface area (Å²) in [6, 6.07) is 5.99. The summed E-state index contributed by atoms with van der Waals surface area (Å²) in [6.45, 7) is 6.25. The van der Waals surface area contributed by atoms with E-state index in [0.29, 0.717) is 29.1 Å². The Hall–Kier alpha value is -2.74. The van der Waals surface area contributed by atoms with Crippen LogP contribution >= 0.6 is 0 Å². The van der Waals surface area contributed by atoms with Crippen molar-refractivity contribution in [2.24, 2.45) is 18.9 Å². The topological polar surface area (TPSA) is 99.3 Å². The molecule has 1 atom stereocenters. The fraction of sp³-hybridized carbons (Fsp3) is 0.500. The zero-order valence-electron chi connectivity index (χ0n) is 16.4. The van der Waals surface area contributed by atoms with Crippen LogP contribution in [-0.2, 0) is 7.05 Å². The molecule has 0 bridgehead atoms. The van der Waals surface area contributed by atoms with E-state index < -0.39 is 4.92 Å². The van der Waals surface area contributed by atoms with Crippen molar-refractivity contribution in [3.8, 4) is 6.01 Å². The second-order valence-electron chi connectivity index (χ2n) is 7.53. The molecule has 1 aromatic carbocycles. The van der Waals surface area contributed by atoms with Gasteiger partial charge in [0.25, 0.3) is 11.7 Å². The van der Waals surface area contributed by atoms with Crippen LogP contribution in [0.1, 0.15) is 42.7 Å². The highest BCUT2D eigenvalue weighted by molar-refractivity contribution is 6.08. The second-order valence-corrected chi connectivity index (χ2v) is 7.53. The number of non-ortho nitro benzene ring substituents is 1. The quantitative estimate of drug-likeness (QED) is 0.446. The third-order valence-corrected chi connectivity index (χ3v) is 5.27. The standard InChI is InChI=1S/C20H26N4O4/c1-13(2)19(15-8-10-21-11-9-15)28-20-22-12-17(23(20)3)18(25)14-4-6-16(7-5-14)24(26)27/h4-7,12-13,15,19,21H,8-11H2,1-3H3. The van der Waals surface area contributed by atoms with Gasteiger partial charge in [-0.05, 0) is 49.9 Å². The van der Waals surface area contributed by atoms with Gasteiger partial charge in [0.2, 0.25) is 5.78 Å². The molecule has 1 fully saturated rings. The summed E-state index contributed by atoms with van der Waals surface area (Å²) in [7, 11) is 1.75. The van der Waals surface area contributed by atoms with Crippen LogP contribution in [0.3, 0.4) is 0 Å². The lowest BCUT2D eigenvalue weighted by atomic mass is 9.86. The van der Waals surface area contributed by atoms with E-state index in [0.717, 1.165) is 25.9 Å². The average molecular weight is 386 g/mol. The summed E-state index contributed by atoms with van der Waals surface area (Å²) in [5.74, 6) is 0.531. The van der Waals surface area contributed by atoms with Gasteiger partial charge < -0.3 is 10.1 Å². The number of piperidine rings is 1. The second kappa shape index (κ2) is 8.52. The van der Waals surface area contributed by atoms with E-state index in [2.05, 4.69) is 24.1 Å². The monoisotopic (exact) mass is 386 g/mol. The fourth-order valence-electron chi connectivity index (χ4n) is 3.67. The fourth-order valence-corrected chi connectivity index (χ4v) is 3.67. The lowest BCUT2D eigenvalue weighted by Gasteiger charge is -2.33. The molecule has 2 aromatic rings. The van der Waals surface area contributed by atoms with Gasteiger partial charge in [0, 0.05) is 24.7 Å². The van der Waals surface area contributed by atoms with Crippen LogP contribution < -0.4 is 10.1 Å². The molecule has 1 unspecified atom stereocenters. The van der Waals surface area contributed by atoms with Crippen molar-refractivity contribution in [2.75, 3.05) is 13.1 Å². The van der Waals surface area contributed by atoms with Gasteiger partial charge in [0.1, 0.15) is 11.8 Å². The molecule has 8 heteroatoms. The summed E-state index contributed by atoms with van der Waals surface area (Å²) in [6.07, 6.45) is 3.65. The molecule has 1 aromatic heterocycles. The Morgan fingerprint density at radius 2 is 1.93 bits per heavy atom. The van der Waals surface area contributed by atoms with Gasteiger partial charge in [-0.3, -0.25) is 19.5 Å². The largest absolute Gasteiger partial charge is 0.461 e. The van der Waals surface area contributed by atoms with Gasteiger partial charge in [-0.25, -0.2) is 4.98 Å². The van der Waals surface area contributed by atoms with Crippen LogP contribution in [0.4, 0.5) is 5.69 Å². The number of rotatable bonds is 7. The molecule has 28 heavy (non-hydrogen) atoms. The van der Waals surface area contributed by atoms with Gasteiger partial charge in [0.05, 0.1) is 11.1 Å². The number of benzene rings is 1. The molecule has 2 heterocycles. The lowest BCUT2D eigenvalue weighted by Crippen LogP contribution is -2.40. The first-order valence-corrected chi connectivity index (χ1v) is 9.56. The molecule has 0 spiro atoms. The number of ketones is 1. The van der Waals surface area contributed by atoms with Gasteiger partial charge in [-0.2, -0.15) is 0 Å². The number of carbonyl (C=O) groups excluding carboxylic acids is 1. The van der Waals surface area contributed by atoms with E-state index in [1.807, 2.05) is 0 Å². The first-order valence-electron chi connectivity index (χ1n) is 9.56. The number of carbonyl (C=O) groups is 1. The van der Waals surface area contributed by atoms with E-state index in [1.54, 1.807) is 11.6 Å². The van der Waals surface area contributed by atoms with Gasteiger partial charge in [0.15, 0.2) is 0 Å². The third kappa shape index (κ3) is 4.22. The zero-order chi connectivity index (χ0) is 20.3. The minimum Gasteiger partial charge on any atom is -0.461 e. The first-order chi connectivity index (χ1) is 13.4. The number of hydrogen-bond donors (Lipinski definition) is 1. The maximum absolute atomic E-state index is 12.8. The zero-order valence-corrected chi connectivity index (χ0v) is 16.4. The molecule has 0 aliphatic carbocycles. The van der Waals surface area contributed by atoms with Crippen LogP contribution in [0.25, 0.3) is 0 Å². The smallest absolute Gasteiger partial charge is 0.296 e. The Balaban J connectivity index is 1.78. The molecule has 0 radical (unpaired) electrons. The molecule has 1 saturated heterocycles. The number of nitrogens with one attached hydrogen (secondary N) is 1. The summed E-state index contributed by atoms with van der Waals surface area (Å²) in [5, 5.41) is 14.2. The van der Waals surface area contributed by atoms with Gasteiger partial charge in [-0.15, -0.1) is 0 Å². The van der Waals surface area contributed by atoms with Crippen LogP contribution in [0.5, 0.6) is 6.01 Å².